The van der Waals surface area contributed by atoms with Crippen LogP contribution in [0, 0.1) is 5.41 Å². The van der Waals surface area contributed by atoms with Gasteiger partial charge in [-0.3, -0.25) is 20.2 Å². The second-order valence-electron chi connectivity index (χ2n) is 6.81. The van der Waals surface area contributed by atoms with Crippen LogP contribution >= 0.6 is 0 Å². The molecule has 0 saturated carbocycles. The van der Waals surface area contributed by atoms with Crippen LogP contribution in [0.2, 0.25) is 0 Å². The van der Waals surface area contributed by atoms with E-state index in [1.54, 1.807) is 13.2 Å². The maximum Gasteiger partial charge on any atom is 0.231 e. The number of fused-ring (bicyclic) bond motifs is 1. The average molecular weight is 336 g/mol. The van der Waals surface area contributed by atoms with Gasteiger partial charge in [0.1, 0.15) is 0 Å². The highest BCUT2D eigenvalue weighted by atomic mass is 16.2. The summed E-state index contributed by atoms with van der Waals surface area (Å²) in [6.07, 6.45) is 6.06. The minimum absolute atomic E-state index is 0.0607. The van der Waals surface area contributed by atoms with E-state index >= 15 is 0 Å². The first-order chi connectivity index (χ1) is 11.9. The molecule has 3 aromatic rings. The lowest BCUT2D eigenvalue weighted by molar-refractivity contribution is -0.129. The molecular weight excluding hydrogens is 316 g/mol. The Morgan fingerprint density at radius 2 is 2.12 bits per heavy atom. The van der Waals surface area contributed by atoms with Gasteiger partial charge in [-0.1, -0.05) is 6.07 Å². The van der Waals surface area contributed by atoms with Crippen molar-refractivity contribution in [3.63, 3.8) is 0 Å². The van der Waals surface area contributed by atoms with Gasteiger partial charge in [0.15, 0.2) is 5.96 Å². The molecule has 7 nitrogen and oxygen atoms in total. The molecule has 3 heterocycles. The van der Waals surface area contributed by atoms with Gasteiger partial charge in [-0.25, -0.2) is 0 Å². The minimum atomic E-state index is -0.599. The van der Waals surface area contributed by atoms with Crippen LogP contribution in [0.5, 0.6) is 0 Å². The Morgan fingerprint density at radius 1 is 1.32 bits per heavy atom. The third-order valence-electron chi connectivity index (χ3n) is 5.04. The second-order valence-corrected chi connectivity index (χ2v) is 6.81. The van der Waals surface area contributed by atoms with Crippen LogP contribution in [0.1, 0.15) is 18.9 Å². The summed E-state index contributed by atoms with van der Waals surface area (Å²) in [6, 6.07) is 6.20. The number of guanidine groups is 1. The maximum absolute atomic E-state index is 12.2. The Balaban J connectivity index is 1.85. The lowest BCUT2D eigenvalue weighted by Gasteiger charge is -2.39. The first kappa shape index (κ1) is 15.4. The number of hydrogen-bond donors (Lipinski definition) is 3. The van der Waals surface area contributed by atoms with E-state index in [-0.39, 0.29) is 11.9 Å². The van der Waals surface area contributed by atoms with Crippen LogP contribution in [-0.2, 0) is 17.4 Å². The Bertz CT molecular complexity index is 967. The summed E-state index contributed by atoms with van der Waals surface area (Å²) in [6.45, 7) is 1.97. The summed E-state index contributed by atoms with van der Waals surface area (Å²) in [4.78, 5) is 13.6. The topological polar surface area (TPSA) is 89.8 Å². The van der Waals surface area contributed by atoms with Crippen LogP contribution in [-0.4, -0.2) is 38.6 Å². The zero-order valence-electron chi connectivity index (χ0n) is 14.4. The van der Waals surface area contributed by atoms with E-state index in [9.17, 15) is 4.79 Å². The van der Waals surface area contributed by atoms with Gasteiger partial charge in [0.2, 0.25) is 5.91 Å². The lowest BCUT2D eigenvalue weighted by Crippen LogP contribution is -2.58. The molecule has 1 aromatic carbocycles. The standard InChI is InChI=1S/C18H20N6O/c1-18(7-16(25)24(3)17(19)22-18)12-4-5-15-13(6-12)14(10-23(15)2)11-8-20-21-9-11/h4-6,8-10H,7H2,1-3H3,(H2,19,22)(H,20,21)/t18-/m0/s1. The first-order valence-electron chi connectivity index (χ1n) is 8.11. The highest BCUT2D eigenvalue weighted by molar-refractivity contribution is 6.00. The van der Waals surface area contributed by atoms with Gasteiger partial charge >= 0.3 is 0 Å². The highest BCUT2D eigenvalue weighted by Gasteiger charge is 2.38. The fraction of sp³-hybridized carbons (Fsp3) is 0.278. The van der Waals surface area contributed by atoms with Gasteiger partial charge in [-0.15, -0.1) is 0 Å². The molecule has 4 rings (SSSR count). The molecule has 1 aliphatic heterocycles. The van der Waals surface area contributed by atoms with Crippen molar-refractivity contribution in [1.29, 1.82) is 5.41 Å². The van der Waals surface area contributed by atoms with E-state index in [0.29, 0.717) is 6.42 Å². The van der Waals surface area contributed by atoms with Crippen molar-refractivity contribution in [2.45, 2.75) is 18.9 Å². The molecule has 1 aliphatic rings. The SMILES string of the molecule is CN1C(=N)N[C@](C)(c2ccc3c(c2)c(-c2cn[nH]c2)cn3C)CC1=O. The third-order valence-corrected chi connectivity index (χ3v) is 5.04. The summed E-state index contributed by atoms with van der Waals surface area (Å²) in [5.74, 6) is 0.0661. The number of nitrogens with one attached hydrogen (secondary N) is 3. The van der Waals surface area contributed by atoms with Gasteiger partial charge in [-0.05, 0) is 24.6 Å². The Hall–Kier alpha value is -3.09. The first-order valence-corrected chi connectivity index (χ1v) is 8.11. The van der Waals surface area contributed by atoms with Crippen LogP contribution < -0.4 is 5.32 Å². The maximum atomic E-state index is 12.2. The van der Waals surface area contributed by atoms with Crippen LogP contribution in [0.3, 0.4) is 0 Å². The van der Waals surface area contributed by atoms with E-state index in [1.807, 2.05) is 26.2 Å². The summed E-state index contributed by atoms with van der Waals surface area (Å²) >= 11 is 0. The van der Waals surface area contributed by atoms with Gasteiger partial charge < -0.3 is 9.88 Å². The molecule has 1 saturated heterocycles. The van der Waals surface area contributed by atoms with E-state index in [1.165, 1.54) is 4.90 Å². The molecule has 0 bridgehead atoms. The van der Waals surface area contributed by atoms with Gasteiger partial charge in [0, 0.05) is 48.5 Å². The largest absolute Gasteiger partial charge is 0.350 e. The Labute approximate surface area is 145 Å². The molecule has 0 spiro atoms. The zero-order chi connectivity index (χ0) is 17.8. The molecule has 25 heavy (non-hydrogen) atoms. The lowest BCUT2D eigenvalue weighted by atomic mass is 9.85. The molecular formula is C18H20N6O. The molecule has 128 valence electrons. The van der Waals surface area contributed by atoms with Gasteiger partial charge in [0.25, 0.3) is 0 Å². The van der Waals surface area contributed by atoms with Crippen molar-refractivity contribution >= 4 is 22.8 Å². The summed E-state index contributed by atoms with van der Waals surface area (Å²) in [5, 5.41) is 19.2. The number of carbonyl (C=O) groups is 1. The molecule has 2 aromatic heterocycles. The molecule has 0 unspecified atom stereocenters. The number of hydrogen-bond acceptors (Lipinski definition) is 3. The Morgan fingerprint density at radius 3 is 2.80 bits per heavy atom. The number of amides is 1. The van der Waals surface area contributed by atoms with E-state index in [4.69, 9.17) is 5.41 Å². The molecule has 0 radical (unpaired) electrons. The quantitative estimate of drug-likeness (QED) is 0.670. The van der Waals surface area contributed by atoms with Gasteiger partial charge in [-0.2, -0.15) is 5.10 Å². The van der Waals surface area contributed by atoms with Crippen LogP contribution in [0.15, 0.2) is 36.8 Å². The van der Waals surface area contributed by atoms with Crippen molar-refractivity contribution in [3.05, 3.63) is 42.4 Å². The van der Waals surface area contributed by atoms with Crippen LogP contribution in [0.25, 0.3) is 22.0 Å². The molecule has 1 atom stereocenters. The van der Waals surface area contributed by atoms with Crippen molar-refractivity contribution in [2.75, 3.05) is 7.05 Å². The fourth-order valence-electron chi connectivity index (χ4n) is 3.47. The molecule has 3 N–H and O–H groups in total. The van der Waals surface area contributed by atoms with E-state index in [2.05, 4.69) is 38.4 Å². The molecule has 0 aliphatic carbocycles. The number of nitrogens with zero attached hydrogens (tertiary/aromatic N) is 3. The number of aromatic nitrogens is 3. The summed E-state index contributed by atoms with van der Waals surface area (Å²) in [7, 11) is 3.63. The number of benzene rings is 1. The molecule has 7 heteroatoms. The van der Waals surface area contributed by atoms with E-state index < -0.39 is 5.54 Å². The van der Waals surface area contributed by atoms with Crippen molar-refractivity contribution < 1.29 is 4.79 Å². The van der Waals surface area contributed by atoms with Crippen molar-refractivity contribution in [2.24, 2.45) is 7.05 Å². The third kappa shape index (κ3) is 2.31. The number of aryl methyl sites for hydroxylation is 1. The monoisotopic (exact) mass is 336 g/mol. The second kappa shape index (κ2) is 5.20. The number of rotatable bonds is 2. The predicted molar refractivity (Wildman–Crippen MR) is 96.1 cm³/mol. The normalized spacial score (nSPS) is 21.0. The summed E-state index contributed by atoms with van der Waals surface area (Å²) in [5.41, 5.74) is 3.61. The number of H-pyrrole nitrogens is 1. The molecule has 1 fully saturated rings. The molecule has 1 amide bonds. The fourth-order valence-corrected chi connectivity index (χ4v) is 3.47. The van der Waals surface area contributed by atoms with Gasteiger partial charge in [0.05, 0.1) is 18.2 Å². The highest BCUT2D eigenvalue weighted by Crippen LogP contribution is 2.35. The minimum Gasteiger partial charge on any atom is -0.350 e. The number of aromatic amines is 1. The Kier molecular flexibility index (Phi) is 3.21. The van der Waals surface area contributed by atoms with Crippen LogP contribution in [0.4, 0.5) is 0 Å². The van der Waals surface area contributed by atoms with E-state index in [0.717, 1.165) is 27.6 Å². The number of carbonyl (C=O) groups excluding carboxylic acids is 1. The smallest absolute Gasteiger partial charge is 0.231 e. The zero-order valence-corrected chi connectivity index (χ0v) is 14.4. The average Bonchev–Trinajstić information content (AvgIpc) is 3.20. The van der Waals surface area contributed by atoms with Crippen molar-refractivity contribution in [3.8, 4) is 11.1 Å². The predicted octanol–water partition coefficient (Wildman–Crippen LogP) is 2.17. The summed E-state index contributed by atoms with van der Waals surface area (Å²) < 4.78 is 2.08. The van der Waals surface area contributed by atoms with Crippen molar-refractivity contribution in [1.82, 2.24) is 25.0 Å².